The Morgan fingerprint density at radius 3 is 2.36 bits per heavy atom. The van der Waals surface area contributed by atoms with Crippen molar-refractivity contribution in [1.29, 1.82) is 0 Å². The predicted octanol–water partition coefficient (Wildman–Crippen LogP) is 4.74. The molecule has 1 nitrogen and oxygen atoms in total. The fraction of sp³-hybridized carbons (Fsp3) is 0.300. The Kier molecular flexibility index (Phi) is 5.74. The van der Waals surface area contributed by atoms with E-state index in [1.807, 2.05) is 11.8 Å². The van der Waals surface area contributed by atoms with Crippen molar-refractivity contribution in [3.05, 3.63) is 82.8 Å². The normalized spacial score (nSPS) is 19.6. The van der Waals surface area contributed by atoms with Crippen molar-refractivity contribution in [2.45, 2.75) is 12.8 Å². The predicted molar refractivity (Wildman–Crippen MR) is 95.1 cm³/mol. The summed E-state index contributed by atoms with van der Waals surface area (Å²) < 4.78 is 5.68. The van der Waals surface area contributed by atoms with Crippen molar-refractivity contribution in [3.63, 3.8) is 0 Å². The maximum Gasteiger partial charge on any atom is 0.0688 e. The summed E-state index contributed by atoms with van der Waals surface area (Å²) in [7, 11) is 0. The molecule has 1 aliphatic heterocycles. The van der Waals surface area contributed by atoms with Gasteiger partial charge in [0.2, 0.25) is 0 Å². The third-order valence-electron chi connectivity index (χ3n) is 4.02. The van der Waals surface area contributed by atoms with Crippen LogP contribution in [-0.4, -0.2) is 19.0 Å². The van der Waals surface area contributed by atoms with Crippen LogP contribution < -0.4 is 0 Å². The van der Waals surface area contributed by atoms with Gasteiger partial charge in [-0.15, -0.1) is 11.8 Å². The number of aryl methyl sites for hydroxylation is 1. The number of benzene rings is 2. The molecular weight excluding hydrogens is 288 g/mol. The topological polar surface area (TPSA) is 9.23 Å². The van der Waals surface area contributed by atoms with Crippen LogP contribution in [0.5, 0.6) is 0 Å². The van der Waals surface area contributed by atoms with Gasteiger partial charge in [0, 0.05) is 11.7 Å². The SMILES string of the molecule is C(/SCCc1ccccc1)=C1/COCC1Cc1ccccc1. The van der Waals surface area contributed by atoms with Crippen LogP contribution in [0.1, 0.15) is 11.1 Å². The van der Waals surface area contributed by atoms with Gasteiger partial charge in [0.05, 0.1) is 13.2 Å². The Morgan fingerprint density at radius 1 is 0.955 bits per heavy atom. The first-order chi connectivity index (χ1) is 10.9. The highest BCUT2D eigenvalue weighted by Gasteiger charge is 2.21. The molecule has 1 unspecified atom stereocenters. The summed E-state index contributed by atoms with van der Waals surface area (Å²) in [5.41, 5.74) is 4.28. The minimum Gasteiger partial charge on any atom is -0.376 e. The quantitative estimate of drug-likeness (QED) is 0.713. The fourth-order valence-electron chi connectivity index (χ4n) is 2.75. The summed E-state index contributed by atoms with van der Waals surface area (Å²) in [4.78, 5) is 0. The summed E-state index contributed by atoms with van der Waals surface area (Å²) in [6.45, 7) is 1.66. The van der Waals surface area contributed by atoms with Gasteiger partial charge in [-0.05, 0) is 34.9 Å². The minimum atomic E-state index is 0.548. The molecule has 0 bridgehead atoms. The highest BCUT2D eigenvalue weighted by Crippen LogP contribution is 2.26. The lowest BCUT2D eigenvalue weighted by atomic mass is 9.96. The maximum atomic E-state index is 5.68. The van der Waals surface area contributed by atoms with E-state index < -0.39 is 0 Å². The second-order valence-corrected chi connectivity index (χ2v) is 6.68. The Balaban J connectivity index is 1.50. The molecule has 0 radical (unpaired) electrons. The molecule has 0 saturated carbocycles. The molecule has 1 saturated heterocycles. The van der Waals surface area contributed by atoms with E-state index in [1.54, 1.807) is 0 Å². The van der Waals surface area contributed by atoms with Crippen LogP contribution in [0.4, 0.5) is 0 Å². The van der Waals surface area contributed by atoms with Gasteiger partial charge in [-0.25, -0.2) is 0 Å². The zero-order valence-corrected chi connectivity index (χ0v) is 13.6. The van der Waals surface area contributed by atoms with E-state index in [9.17, 15) is 0 Å². The van der Waals surface area contributed by atoms with Crippen molar-refractivity contribution in [1.82, 2.24) is 0 Å². The number of ether oxygens (including phenoxy) is 1. The zero-order chi connectivity index (χ0) is 15.0. The summed E-state index contributed by atoms with van der Waals surface area (Å²) in [6, 6.07) is 21.4. The minimum absolute atomic E-state index is 0.548. The fourth-order valence-corrected chi connectivity index (χ4v) is 3.70. The average Bonchev–Trinajstić information content (AvgIpc) is 3.01. The largest absolute Gasteiger partial charge is 0.376 e. The number of thioether (sulfide) groups is 1. The van der Waals surface area contributed by atoms with E-state index in [2.05, 4.69) is 66.1 Å². The molecule has 3 rings (SSSR count). The van der Waals surface area contributed by atoms with Gasteiger partial charge in [0.25, 0.3) is 0 Å². The second-order valence-electron chi connectivity index (χ2n) is 5.70. The lowest BCUT2D eigenvalue weighted by Gasteiger charge is -2.10. The van der Waals surface area contributed by atoms with Crippen molar-refractivity contribution >= 4 is 11.8 Å². The molecule has 0 N–H and O–H groups in total. The van der Waals surface area contributed by atoms with Gasteiger partial charge in [-0.1, -0.05) is 60.7 Å². The van der Waals surface area contributed by atoms with E-state index >= 15 is 0 Å². The molecule has 22 heavy (non-hydrogen) atoms. The second kappa shape index (κ2) is 8.21. The van der Waals surface area contributed by atoms with E-state index in [0.29, 0.717) is 5.92 Å². The molecular formula is C20H22OS. The van der Waals surface area contributed by atoms with Crippen LogP contribution in [0.25, 0.3) is 0 Å². The lowest BCUT2D eigenvalue weighted by molar-refractivity contribution is 0.188. The summed E-state index contributed by atoms with van der Waals surface area (Å²) in [5, 5.41) is 2.34. The summed E-state index contributed by atoms with van der Waals surface area (Å²) in [5.74, 6) is 1.68. The number of hydrogen-bond acceptors (Lipinski definition) is 2. The molecule has 1 aliphatic rings. The first kappa shape index (κ1) is 15.4. The molecule has 0 spiro atoms. The molecule has 0 amide bonds. The standard InChI is InChI=1S/C20H22OS/c1-3-7-17(8-4-1)11-12-22-16-20-15-21-14-19(20)13-18-9-5-2-6-10-18/h1-10,16,19H,11-15H2/b20-16+. The van der Waals surface area contributed by atoms with Gasteiger partial charge in [0.15, 0.2) is 0 Å². The Morgan fingerprint density at radius 2 is 1.64 bits per heavy atom. The van der Waals surface area contributed by atoms with Gasteiger partial charge < -0.3 is 4.74 Å². The van der Waals surface area contributed by atoms with Crippen molar-refractivity contribution < 1.29 is 4.74 Å². The van der Waals surface area contributed by atoms with E-state index in [1.165, 1.54) is 16.7 Å². The molecule has 2 aromatic carbocycles. The molecule has 2 aromatic rings. The zero-order valence-electron chi connectivity index (χ0n) is 12.8. The van der Waals surface area contributed by atoms with Crippen molar-refractivity contribution in [2.24, 2.45) is 5.92 Å². The summed E-state index contributed by atoms with van der Waals surface area (Å²) in [6.07, 6.45) is 2.21. The molecule has 1 heterocycles. The van der Waals surface area contributed by atoms with Gasteiger partial charge in [0.1, 0.15) is 0 Å². The Hall–Kier alpha value is -1.51. The van der Waals surface area contributed by atoms with Crippen LogP contribution in [0.2, 0.25) is 0 Å². The highest BCUT2D eigenvalue weighted by molar-refractivity contribution is 8.02. The molecule has 1 fully saturated rings. The smallest absolute Gasteiger partial charge is 0.0688 e. The van der Waals surface area contributed by atoms with Crippen LogP contribution in [0, 0.1) is 5.92 Å². The average molecular weight is 310 g/mol. The van der Waals surface area contributed by atoms with Crippen LogP contribution in [0.3, 0.4) is 0 Å². The molecule has 1 atom stereocenters. The first-order valence-electron chi connectivity index (χ1n) is 7.88. The Labute approximate surface area is 137 Å². The molecule has 0 aromatic heterocycles. The lowest BCUT2D eigenvalue weighted by Crippen LogP contribution is -2.06. The number of hydrogen-bond donors (Lipinski definition) is 0. The van der Waals surface area contributed by atoms with Crippen LogP contribution >= 0.6 is 11.8 Å². The summed E-state index contributed by atoms with van der Waals surface area (Å²) >= 11 is 1.92. The van der Waals surface area contributed by atoms with E-state index in [0.717, 1.165) is 31.8 Å². The third kappa shape index (κ3) is 4.49. The first-order valence-corrected chi connectivity index (χ1v) is 8.93. The Bertz CT molecular complexity index is 592. The molecule has 0 aliphatic carbocycles. The van der Waals surface area contributed by atoms with Crippen LogP contribution in [-0.2, 0) is 17.6 Å². The van der Waals surface area contributed by atoms with Crippen molar-refractivity contribution in [3.8, 4) is 0 Å². The van der Waals surface area contributed by atoms with E-state index in [-0.39, 0.29) is 0 Å². The molecule has 114 valence electrons. The van der Waals surface area contributed by atoms with Gasteiger partial charge >= 0.3 is 0 Å². The van der Waals surface area contributed by atoms with Crippen molar-refractivity contribution in [2.75, 3.05) is 19.0 Å². The maximum absolute atomic E-state index is 5.68. The highest BCUT2D eigenvalue weighted by atomic mass is 32.2. The third-order valence-corrected chi connectivity index (χ3v) is 4.93. The molecule has 2 heteroatoms. The van der Waals surface area contributed by atoms with Gasteiger partial charge in [-0.3, -0.25) is 0 Å². The van der Waals surface area contributed by atoms with Crippen LogP contribution in [0.15, 0.2) is 71.6 Å². The number of rotatable bonds is 6. The van der Waals surface area contributed by atoms with E-state index in [4.69, 9.17) is 4.74 Å². The monoisotopic (exact) mass is 310 g/mol. The van der Waals surface area contributed by atoms with Gasteiger partial charge in [-0.2, -0.15) is 0 Å².